The van der Waals surface area contributed by atoms with Gasteiger partial charge in [0.2, 0.25) is 0 Å². The summed E-state index contributed by atoms with van der Waals surface area (Å²) < 4.78 is 0. The molecule has 0 fully saturated rings. The summed E-state index contributed by atoms with van der Waals surface area (Å²) >= 11 is 0. The lowest BCUT2D eigenvalue weighted by atomic mass is 9.87. The first-order valence-corrected chi connectivity index (χ1v) is 12.7. The van der Waals surface area contributed by atoms with Gasteiger partial charge in [0.1, 0.15) is 0 Å². The Balaban J connectivity index is 1.69. The molecule has 5 rings (SSSR count). The molecule has 186 valence electrons. The van der Waals surface area contributed by atoms with Crippen LogP contribution in [0.2, 0.25) is 0 Å². The van der Waals surface area contributed by atoms with E-state index in [0.29, 0.717) is 0 Å². The van der Waals surface area contributed by atoms with Crippen molar-refractivity contribution in [1.29, 1.82) is 0 Å². The fourth-order valence-electron chi connectivity index (χ4n) is 4.82. The van der Waals surface area contributed by atoms with Gasteiger partial charge >= 0.3 is 0 Å². The molecule has 0 unspecified atom stereocenters. The van der Waals surface area contributed by atoms with Gasteiger partial charge in [-0.15, -0.1) is 0 Å². The molecule has 4 aromatic rings. The molecular weight excluding hydrogens is 452 g/mol. The fourth-order valence-corrected chi connectivity index (χ4v) is 4.82. The van der Waals surface area contributed by atoms with Crippen molar-refractivity contribution < 1.29 is 0 Å². The Morgan fingerprint density at radius 2 is 1.43 bits per heavy atom. The Morgan fingerprint density at radius 1 is 0.784 bits per heavy atom. The van der Waals surface area contributed by atoms with Crippen molar-refractivity contribution >= 4 is 11.4 Å². The highest BCUT2D eigenvalue weighted by Gasteiger charge is 2.18. The lowest BCUT2D eigenvalue weighted by Crippen LogP contribution is -2.22. The predicted molar refractivity (Wildman–Crippen MR) is 158 cm³/mol. The maximum absolute atomic E-state index is 3.64. The van der Waals surface area contributed by atoms with Crippen LogP contribution in [0.3, 0.4) is 0 Å². The van der Waals surface area contributed by atoms with Crippen LogP contribution in [0, 0.1) is 0 Å². The fraction of sp³-hybridized carbons (Fsp3) is 0.152. The van der Waals surface area contributed by atoms with E-state index in [1.54, 1.807) is 0 Å². The first-order valence-electron chi connectivity index (χ1n) is 12.7. The molecule has 4 heteroatoms. The van der Waals surface area contributed by atoms with E-state index in [2.05, 4.69) is 156 Å². The van der Waals surface area contributed by atoms with Crippen LogP contribution in [0.25, 0.3) is 33.4 Å². The Bertz CT molecular complexity index is 1340. The zero-order valence-corrected chi connectivity index (χ0v) is 21.8. The van der Waals surface area contributed by atoms with Crippen LogP contribution in [-0.2, 0) is 0 Å². The summed E-state index contributed by atoms with van der Waals surface area (Å²) in [6.07, 6.45) is 8.40. The number of allylic oxidation sites excluding steroid dienone is 1. The summed E-state index contributed by atoms with van der Waals surface area (Å²) in [7, 11) is 4.18. The van der Waals surface area contributed by atoms with Crippen LogP contribution in [0.15, 0.2) is 122 Å². The van der Waals surface area contributed by atoms with E-state index < -0.39 is 0 Å². The van der Waals surface area contributed by atoms with E-state index in [4.69, 9.17) is 0 Å². The second-order valence-corrected chi connectivity index (χ2v) is 9.47. The molecule has 0 aliphatic carbocycles. The van der Waals surface area contributed by atoms with E-state index in [0.717, 1.165) is 24.7 Å². The molecular formula is C33H34N4. The van der Waals surface area contributed by atoms with Crippen molar-refractivity contribution in [3.8, 4) is 33.4 Å². The number of hydrogen-bond acceptors (Lipinski definition) is 4. The lowest BCUT2D eigenvalue weighted by Gasteiger charge is -2.23. The first kappa shape index (κ1) is 24.3. The average Bonchev–Trinajstić information content (AvgIpc) is 3.39. The van der Waals surface area contributed by atoms with Crippen molar-refractivity contribution in [2.75, 3.05) is 37.6 Å². The highest BCUT2D eigenvalue weighted by molar-refractivity contribution is 5.96. The van der Waals surface area contributed by atoms with Gasteiger partial charge < -0.3 is 20.0 Å². The normalized spacial score (nSPS) is 12.9. The summed E-state index contributed by atoms with van der Waals surface area (Å²) in [6, 6.07) is 34.9. The van der Waals surface area contributed by atoms with Gasteiger partial charge in [0.05, 0.1) is 13.3 Å². The molecule has 4 aromatic carbocycles. The maximum atomic E-state index is 3.64. The molecule has 0 saturated heterocycles. The molecule has 0 bridgehead atoms. The van der Waals surface area contributed by atoms with E-state index in [1.165, 1.54) is 33.4 Å². The Morgan fingerprint density at radius 3 is 2.00 bits per heavy atom. The minimum Gasteiger partial charge on any atom is -0.368 e. The highest BCUT2D eigenvalue weighted by Crippen LogP contribution is 2.42. The molecule has 0 atom stereocenters. The quantitative estimate of drug-likeness (QED) is 0.258. The Hall–Kier alpha value is -4.44. The number of anilines is 2. The number of nitrogens with one attached hydrogen (secondary N) is 1. The summed E-state index contributed by atoms with van der Waals surface area (Å²) in [5.74, 6) is 0. The second-order valence-electron chi connectivity index (χ2n) is 9.47. The molecule has 0 saturated carbocycles. The third kappa shape index (κ3) is 5.54. The van der Waals surface area contributed by atoms with E-state index in [-0.39, 0.29) is 0 Å². The molecule has 37 heavy (non-hydrogen) atoms. The van der Waals surface area contributed by atoms with Gasteiger partial charge in [0.25, 0.3) is 0 Å². The molecule has 0 aromatic heterocycles. The molecule has 0 radical (unpaired) electrons. The Labute approximate surface area is 220 Å². The maximum Gasteiger partial charge on any atom is 0.0938 e. The zero-order valence-electron chi connectivity index (χ0n) is 21.8. The molecule has 4 nitrogen and oxygen atoms in total. The summed E-state index contributed by atoms with van der Waals surface area (Å²) in [4.78, 5) is 6.62. The predicted octanol–water partition coefficient (Wildman–Crippen LogP) is 7.70. The molecule has 1 aliphatic heterocycles. The van der Waals surface area contributed by atoms with Crippen molar-refractivity contribution in [3.05, 3.63) is 122 Å². The molecule has 1 aliphatic rings. The van der Waals surface area contributed by atoms with Gasteiger partial charge in [-0.2, -0.15) is 0 Å². The van der Waals surface area contributed by atoms with Crippen molar-refractivity contribution in [2.45, 2.75) is 6.92 Å². The third-order valence-corrected chi connectivity index (χ3v) is 6.58. The molecule has 0 spiro atoms. The number of hydrogen-bond donors (Lipinski definition) is 1. The van der Waals surface area contributed by atoms with Gasteiger partial charge in [-0.3, -0.25) is 0 Å². The van der Waals surface area contributed by atoms with E-state index in [1.807, 2.05) is 6.92 Å². The molecule has 1 N–H and O–H groups in total. The number of rotatable bonds is 8. The average molecular weight is 487 g/mol. The second kappa shape index (κ2) is 11.1. The lowest BCUT2D eigenvalue weighted by molar-refractivity contribution is 0.490. The zero-order chi connectivity index (χ0) is 25.6. The van der Waals surface area contributed by atoms with Crippen LogP contribution in [0.5, 0.6) is 0 Å². The van der Waals surface area contributed by atoms with Gasteiger partial charge in [0.15, 0.2) is 0 Å². The third-order valence-electron chi connectivity index (χ3n) is 6.58. The monoisotopic (exact) mass is 486 g/mol. The van der Waals surface area contributed by atoms with Crippen LogP contribution < -0.4 is 10.2 Å². The minimum atomic E-state index is 0.717. The van der Waals surface area contributed by atoms with E-state index in [9.17, 15) is 0 Å². The SMILES string of the molecule is C/C=C\N(C)CNc1cc(-c2c(-c3ccccc3)cccc2-c2ccccc2)cc(N2C=CN(C)C2)c1. The number of nitrogens with zero attached hydrogens (tertiary/aromatic N) is 3. The topological polar surface area (TPSA) is 21.8 Å². The largest absolute Gasteiger partial charge is 0.368 e. The van der Waals surface area contributed by atoms with Gasteiger partial charge in [-0.1, -0.05) is 84.9 Å². The van der Waals surface area contributed by atoms with Crippen LogP contribution in [0.4, 0.5) is 11.4 Å². The van der Waals surface area contributed by atoms with Gasteiger partial charge in [0, 0.05) is 37.9 Å². The van der Waals surface area contributed by atoms with Crippen molar-refractivity contribution in [2.24, 2.45) is 0 Å². The smallest absolute Gasteiger partial charge is 0.0938 e. The summed E-state index contributed by atoms with van der Waals surface area (Å²) in [5.41, 5.74) is 9.56. The van der Waals surface area contributed by atoms with Crippen molar-refractivity contribution in [1.82, 2.24) is 9.80 Å². The first-order chi connectivity index (χ1) is 18.1. The van der Waals surface area contributed by atoms with Gasteiger partial charge in [-0.05, 0) is 64.7 Å². The standard InChI is InChI=1S/C33H34N4/c1-4-18-35(2)24-34-29-21-28(22-30(23-29)37-20-19-36(3)25-37)33-31(26-12-7-5-8-13-26)16-11-17-32(33)27-14-9-6-10-15-27/h4-23,34H,24-25H2,1-3H3/b18-4-. The van der Waals surface area contributed by atoms with Crippen LogP contribution in [-0.4, -0.2) is 37.2 Å². The highest BCUT2D eigenvalue weighted by atomic mass is 15.3. The Kier molecular flexibility index (Phi) is 7.27. The number of benzene rings is 4. The summed E-state index contributed by atoms with van der Waals surface area (Å²) in [6.45, 7) is 3.58. The van der Waals surface area contributed by atoms with Crippen LogP contribution >= 0.6 is 0 Å². The minimum absolute atomic E-state index is 0.717. The summed E-state index contributed by atoms with van der Waals surface area (Å²) in [5, 5.41) is 3.64. The van der Waals surface area contributed by atoms with E-state index >= 15 is 0 Å². The molecule has 0 amide bonds. The van der Waals surface area contributed by atoms with Gasteiger partial charge in [-0.25, -0.2) is 0 Å². The molecule has 1 heterocycles. The van der Waals surface area contributed by atoms with Crippen molar-refractivity contribution in [3.63, 3.8) is 0 Å². The van der Waals surface area contributed by atoms with Crippen LogP contribution in [0.1, 0.15) is 6.92 Å².